The topological polar surface area (TPSA) is 29.1 Å². The highest BCUT2D eigenvalue weighted by atomic mass is 35.5. The molecule has 0 unspecified atom stereocenters. The summed E-state index contributed by atoms with van der Waals surface area (Å²) in [7, 11) is 0. The normalized spacial score (nSPS) is 18.0. The largest absolute Gasteiger partial charge is 0.300 e. The maximum atomic E-state index is 10.1. The van der Waals surface area contributed by atoms with Gasteiger partial charge in [-0.3, -0.25) is 4.79 Å². The van der Waals surface area contributed by atoms with Gasteiger partial charge in [-0.05, 0) is 11.9 Å². The Bertz CT molecular complexity index is 69.3. The lowest BCUT2D eigenvalue weighted by Gasteiger charge is -1.78. The molecule has 0 aromatic rings. The summed E-state index contributed by atoms with van der Waals surface area (Å²) in [4.78, 5) is 10.1. The van der Waals surface area contributed by atoms with Crippen LogP contribution < -0.4 is 4.72 Å². The Balaban J connectivity index is 0.000000360. The van der Waals surface area contributed by atoms with Crippen molar-refractivity contribution >= 4 is 30.3 Å². The van der Waals surface area contributed by atoms with Crippen molar-refractivity contribution < 1.29 is 4.79 Å². The third-order valence-corrected chi connectivity index (χ3v) is 1.40. The van der Waals surface area contributed by atoms with Crippen molar-refractivity contribution in [2.75, 3.05) is 5.75 Å². The second-order valence-corrected chi connectivity index (χ2v) is 2.02. The molecule has 1 rings (SSSR count). The summed E-state index contributed by atoms with van der Waals surface area (Å²) in [6.45, 7) is 0. The highest BCUT2D eigenvalue weighted by Crippen LogP contribution is 2.04. The average Bonchev–Trinajstić information content (AvgIpc) is 1.86. The van der Waals surface area contributed by atoms with Crippen LogP contribution in [0.5, 0.6) is 0 Å². The van der Waals surface area contributed by atoms with Crippen molar-refractivity contribution in [2.45, 2.75) is 6.42 Å². The zero-order valence-corrected chi connectivity index (χ0v) is 5.27. The van der Waals surface area contributed by atoms with Gasteiger partial charge in [0.15, 0.2) is 0 Å². The van der Waals surface area contributed by atoms with Crippen LogP contribution in [0.15, 0.2) is 0 Å². The summed E-state index contributed by atoms with van der Waals surface area (Å²) in [5.41, 5.74) is 0. The summed E-state index contributed by atoms with van der Waals surface area (Å²) >= 11 is 1.48. The monoisotopic (exact) mass is 139 g/mol. The number of hydrogen-bond donors (Lipinski definition) is 1. The molecular weight excluding hydrogens is 134 g/mol. The summed E-state index contributed by atoms with van der Waals surface area (Å²) in [6.07, 6.45) is 0.699. The first kappa shape index (κ1) is 7.11. The molecule has 1 saturated heterocycles. The van der Waals surface area contributed by atoms with Gasteiger partial charge in [0.1, 0.15) is 0 Å². The molecule has 0 spiro atoms. The van der Waals surface area contributed by atoms with Crippen molar-refractivity contribution in [1.82, 2.24) is 4.72 Å². The molecule has 0 atom stereocenters. The Morgan fingerprint density at radius 3 is 2.57 bits per heavy atom. The van der Waals surface area contributed by atoms with E-state index in [0.29, 0.717) is 6.42 Å². The van der Waals surface area contributed by atoms with E-state index in [0.717, 1.165) is 5.75 Å². The first-order valence-corrected chi connectivity index (χ1v) is 2.79. The molecule has 1 aliphatic heterocycles. The Hall–Kier alpha value is 0.110. The number of amides is 1. The molecule has 0 aromatic heterocycles. The minimum atomic E-state index is 0. The third kappa shape index (κ3) is 2.04. The fourth-order valence-corrected chi connectivity index (χ4v) is 0.979. The Kier molecular flexibility index (Phi) is 3.21. The summed E-state index contributed by atoms with van der Waals surface area (Å²) in [5, 5.41) is 0. The van der Waals surface area contributed by atoms with Crippen LogP contribution in [0.2, 0.25) is 0 Å². The maximum absolute atomic E-state index is 10.1. The molecule has 1 fully saturated rings. The van der Waals surface area contributed by atoms with Gasteiger partial charge >= 0.3 is 0 Å². The van der Waals surface area contributed by atoms with Crippen LogP contribution in [0, 0.1) is 0 Å². The van der Waals surface area contributed by atoms with Gasteiger partial charge in [-0.25, -0.2) is 0 Å². The molecule has 0 aliphatic carbocycles. The SMILES string of the molecule is Cl.O=C1CCSN1. The second-order valence-electron chi connectivity index (χ2n) is 1.12. The lowest BCUT2D eigenvalue weighted by atomic mass is 10.5. The molecule has 0 saturated carbocycles. The summed E-state index contributed by atoms with van der Waals surface area (Å²) < 4.78 is 2.60. The lowest BCUT2D eigenvalue weighted by molar-refractivity contribution is -0.118. The zero-order valence-electron chi connectivity index (χ0n) is 3.64. The van der Waals surface area contributed by atoms with Crippen molar-refractivity contribution in [2.24, 2.45) is 0 Å². The van der Waals surface area contributed by atoms with Gasteiger partial charge in [0.2, 0.25) is 5.91 Å². The molecule has 1 N–H and O–H groups in total. The van der Waals surface area contributed by atoms with E-state index in [2.05, 4.69) is 4.72 Å². The molecular formula is C3H6ClNOS. The summed E-state index contributed by atoms with van der Waals surface area (Å²) in [6, 6.07) is 0. The van der Waals surface area contributed by atoms with Gasteiger partial charge < -0.3 is 4.72 Å². The van der Waals surface area contributed by atoms with E-state index in [9.17, 15) is 4.79 Å². The molecule has 1 amide bonds. The molecule has 4 heteroatoms. The highest BCUT2D eigenvalue weighted by molar-refractivity contribution is 7.98. The first-order valence-electron chi connectivity index (χ1n) is 1.80. The Labute approximate surface area is 52.6 Å². The zero-order chi connectivity index (χ0) is 4.41. The predicted molar refractivity (Wildman–Crippen MR) is 32.5 cm³/mol. The fraction of sp³-hybridized carbons (Fsp3) is 0.667. The maximum Gasteiger partial charge on any atom is 0.230 e. The number of hydrogen-bond acceptors (Lipinski definition) is 2. The van der Waals surface area contributed by atoms with E-state index in [1.165, 1.54) is 11.9 Å². The van der Waals surface area contributed by atoms with Crippen molar-refractivity contribution in [3.05, 3.63) is 0 Å². The quantitative estimate of drug-likeness (QED) is 0.498. The van der Waals surface area contributed by atoms with Gasteiger partial charge in [0.05, 0.1) is 0 Å². The van der Waals surface area contributed by atoms with Crippen molar-refractivity contribution in [1.29, 1.82) is 0 Å². The number of nitrogens with one attached hydrogen (secondary N) is 1. The predicted octanol–water partition coefficient (Wildman–Crippen LogP) is 0.576. The molecule has 0 bridgehead atoms. The van der Waals surface area contributed by atoms with E-state index in [1.54, 1.807) is 0 Å². The number of carbonyl (C=O) groups is 1. The van der Waals surface area contributed by atoms with Crippen LogP contribution in [0.25, 0.3) is 0 Å². The average molecular weight is 140 g/mol. The van der Waals surface area contributed by atoms with Crippen LogP contribution in [-0.4, -0.2) is 11.7 Å². The molecule has 1 heterocycles. The van der Waals surface area contributed by atoms with Gasteiger partial charge in [-0.1, -0.05) is 0 Å². The van der Waals surface area contributed by atoms with E-state index in [1.807, 2.05) is 0 Å². The number of halogens is 1. The minimum Gasteiger partial charge on any atom is -0.300 e. The van der Waals surface area contributed by atoms with Crippen molar-refractivity contribution in [3.63, 3.8) is 0 Å². The Morgan fingerprint density at radius 1 is 1.71 bits per heavy atom. The fourth-order valence-electron chi connectivity index (χ4n) is 0.326. The molecule has 1 aliphatic rings. The van der Waals surface area contributed by atoms with Gasteiger partial charge in [-0.15, -0.1) is 12.4 Å². The molecule has 0 radical (unpaired) electrons. The van der Waals surface area contributed by atoms with Gasteiger partial charge in [0.25, 0.3) is 0 Å². The minimum absolute atomic E-state index is 0. The molecule has 42 valence electrons. The smallest absolute Gasteiger partial charge is 0.230 e. The van der Waals surface area contributed by atoms with Crippen LogP contribution in [-0.2, 0) is 4.79 Å². The van der Waals surface area contributed by atoms with Crippen LogP contribution in [0.4, 0.5) is 0 Å². The standard InChI is InChI=1S/C3H5NOS.ClH/c5-3-1-2-6-4-3;/h1-2H2,(H,4,5);1H. The first-order chi connectivity index (χ1) is 2.89. The van der Waals surface area contributed by atoms with Crippen LogP contribution in [0.3, 0.4) is 0 Å². The molecule has 0 aromatic carbocycles. The van der Waals surface area contributed by atoms with Gasteiger partial charge in [0, 0.05) is 12.2 Å². The third-order valence-electron chi connectivity index (χ3n) is 0.617. The van der Waals surface area contributed by atoms with E-state index in [4.69, 9.17) is 0 Å². The second kappa shape index (κ2) is 3.16. The van der Waals surface area contributed by atoms with E-state index >= 15 is 0 Å². The Morgan fingerprint density at radius 2 is 2.43 bits per heavy atom. The van der Waals surface area contributed by atoms with Crippen LogP contribution in [0.1, 0.15) is 6.42 Å². The van der Waals surface area contributed by atoms with E-state index < -0.39 is 0 Å². The number of rotatable bonds is 0. The number of carbonyl (C=O) groups excluding carboxylic acids is 1. The van der Waals surface area contributed by atoms with Gasteiger partial charge in [-0.2, -0.15) is 0 Å². The highest BCUT2D eigenvalue weighted by Gasteiger charge is 2.06. The van der Waals surface area contributed by atoms with Crippen molar-refractivity contribution in [3.8, 4) is 0 Å². The lowest BCUT2D eigenvalue weighted by Crippen LogP contribution is -2.04. The molecule has 7 heavy (non-hydrogen) atoms. The summed E-state index contributed by atoms with van der Waals surface area (Å²) in [5.74, 6) is 1.11. The van der Waals surface area contributed by atoms with Crippen LogP contribution >= 0.6 is 24.4 Å². The molecule has 2 nitrogen and oxygen atoms in total. The van der Waals surface area contributed by atoms with E-state index in [-0.39, 0.29) is 18.3 Å².